The molecule has 2 aliphatic carbocycles. The quantitative estimate of drug-likeness (QED) is 0.651. The maximum absolute atomic E-state index is 9.89. The van der Waals surface area contributed by atoms with E-state index in [1.54, 1.807) is 0 Å². The second kappa shape index (κ2) is 2.81. The van der Waals surface area contributed by atoms with Crippen molar-refractivity contribution in [1.29, 1.82) is 0 Å². The number of rotatable bonds is 0. The first-order valence-corrected chi connectivity index (χ1v) is 5.27. The summed E-state index contributed by atoms with van der Waals surface area (Å²) >= 11 is 0. The molecule has 74 valence electrons. The maximum Gasteiger partial charge on any atom is 0.106 e. The Hall–Kier alpha value is -0.860. The Morgan fingerprint density at radius 1 is 1.21 bits per heavy atom. The molecule has 0 spiro atoms. The van der Waals surface area contributed by atoms with Gasteiger partial charge in [-0.3, -0.25) is 0 Å². The number of aryl methyl sites for hydroxylation is 1. The Balaban J connectivity index is 2.22. The molecule has 2 N–H and O–H groups in total. The molecule has 3 atom stereocenters. The van der Waals surface area contributed by atoms with Crippen LogP contribution in [0.4, 0.5) is 0 Å². The number of hydrogen-bond donors (Lipinski definition) is 2. The van der Waals surface area contributed by atoms with Crippen molar-refractivity contribution in [2.24, 2.45) is 0 Å². The predicted molar refractivity (Wildman–Crippen MR) is 53.1 cm³/mol. The molecular weight excluding hydrogens is 176 g/mol. The van der Waals surface area contributed by atoms with Crippen LogP contribution in [0.15, 0.2) is 18.2 Å². The highest BCUT2D eigenvalue weighted by Gasteiger charge is 2.40. The zero-order valence-electron chi connectivity index (χ0n) is 7.98. The van der Waals surface area contributed by atoms with Gasteiger partial charge in [0.15, 0.2) is 0 Å². The zero-order chi connectivity index (χ0) is 9.71. The predicted octanol–water partition coefficient (Wildman–Crippen LogP) is 1.51. The molecule has 0 aliphatic heterocycles. The van der Waals surface area contributed by atoms with Gasteiger partial charge in [0.2, 0.25) is 0 Å². The topological polar surface area (TPSA) is 40.5 Å². The molecule has 3 unspecified atom stereocenters. The molecular formula is C12H14O2. The minimum atomic E-state index is -0.659. The Morgan fingerprint density at radius 3 is 2.93 bits per heavy atom. The van der Waals surface area contributed by atoms with E-state index in [1.165, 1.54) is 11.1 Å². The van der Waals surface area contributed by atoms with E-state index in [0.717, 1.165) is 24.8 Å². The van der Waals surface area contributed by atoms with Crippen molar-refractivity contribution in [2.45, 2.75) is 37.4 Å². The first-order valence-electron chi connectivity index (χ1n) is 5.27. The Labute approximate surface area is 83.2 Å². The van der Waals surface area contributed by atoms with Gasteiger partial charge in [-0.2, -0.15) is 0 Å². The fraction of sp³-hybridized carbons (Fsp3) is 0.500. The average molecular weight is 190 g/mol. The van der Waals surface area contributed by atoms with E-state index in [2.05, 4.69) is 6.07 Å². The highest BCUT2D eigenvalue weighted by atomic mass is 16.3. The lowest BCUT2D eigenvalue weighted by Gasteiger charge is -2.23. The molecule has 2 heteroatoms. The lowest BCUT2D eigenvalue weighted by molar-refractivity contribution is 0.0146. The van der Waals surface area contributed by atoms with Gasteiger partial charge in [0.25, 0.3) is 0 Å². The molecule has 14 heavy (non-hydrogen) atoms. The third-order valence-electron chi connectivity index (χ3n) is 3.62. The van der Waals surface area contributed by atoms with E-state index in [9.17, 15) is 10.2 Å². The van der Waals surface area contributed by atoms with Crippen LogP contribution in [0.2, 0.25) is 0 Å². The maximum atomic E-state index is 9.89. The number of hydrogen-bond acceptors (Lipinski definition) is 2. The molecule has 0 bridgehead atoms. The monoisotopic (exact) mass is 190 g/mol. The summed E-state index contributed by atoms with van der Waals surface area (Å²) < 4.78 is 0. The molecule has 2 nitrogen and oxygen atoms in total. The first kappa shape index (κ1) is 8.45. The molecule has 0 heterocycles. The summed E-state index contributed by atoms with van der Waals surface area (Å²) in [6.45, 7) is 0. The zero-order valence-corrected chi connectivity index (χ0v) is 7.98. The second-order valence-electron chi connectivity index (χ2n) is 4.35. The molecule has 0 saturated carbocycles. The summed E-state index contributed by atoms with van der Waals surface area (Å²) in [7, 11) is 0. The minimum Gasteiger partial charge on any atom is -0.389 e. The Bertz CT molecular complexity index is 373. The van der Waals surface area contributed by atoms with Gasteiger partial charge in [-0.1, -0.05) is 18.2 Å². The SMILES string of the molecule is OC1c2cccc3c2C(CCC3)C1O. The average Bonchev–Trinajstić information content (AvgIpc) is 2.47. The smallest absolute Gasteiger partial charge is 0.106 e. The van der Waals surface area contributed by atoms with Crippen LogP contribution in [-0.4, -0.2) is 16.3 Å². The van der Waals surface area contributed by atoms with Crippen molar-refractivity contribution in [3.05, 3.63) is 34.9 Å². The highest BCUT2D eigenvalue weighted by Crippen LogP contribution is 2.47. The second-order valence-corrected chi connectivity index (χ2v) is 4.35. The van der Waals surface area contributed by atoms with E-state index in [1.807, 2.05) is 12.1 Å². The van der Waals surface area contributed by atoms with Crippen molar-refractivity contribution < 1.29 is 10.2 Å². The standard InChI is InChI=1S/C12H14O2/c13-11-8-5-1-3-7-4-2-6-9(10(7)8)12(11)14/h1,3,5,9,11-14H,2,4,6H2. The van der Waals surface area contributed by atoms with Gasteiger partial charge < -0.3 is 10.2 Å². The molecule has 0 saturated heterocycles. The van der Waals surface area contributed by atoms with Crippen molar-refractivity contribution >= 4 is 0 Å². The lowest BCUT2D eigenvalue weighted by atomic mass is 9.83. The molecule has 0 aromatic heterocycles. The molecule has 0 fully saturated rings. The highest BCUT2D eigenvalue weighted by molar-refractivity contribution is 5.46. The van der Waals surface area contributed by atoms with Crippen LogP contribution in [0.5, 0.6) is 0 Å². The normalized spacial score (nSPS) is 34.3. The van der Waals surface area contributed by atoms with Gasteiger partial charge in [0.05, 0.1) is 6.10 Å². The number of benzene rings is 1. The van der Waals surface area contributed by atoms with Crippen LogP contribution in [0.1, 0.15) is 41.6 Å². The molecule has 2 aliphatic rings. The van der Waals surface area contributed by atoms with Crippen LogP contribution < -0.4 is 0 Å². The van der Waals surface area contributed by atoms with E-state index in [-0.39, 0.29) is 5.92 Å². The van der Waals surface area contributed by atoms with Gasteiger partial charge in [-0.15, -0.1) is 0 Å². The Kier molecular flexibility index (Phi) is 1.70. The molecule has 0 radical (unpaired) electrons. The van der Waals surface area contributed by atoms with Crippen molar-refractivity contribution in [1.82, 2.24) is 0 Å². The molecule has 1 aromatic carbocycles. The van der Waals surface area contributed by atoms with Crippen molar-refractivity contribution in [3.63, 3.8) is 0 Å². The molecule has 0 amide bonds. The summed E-state index contributed by atoms with van der Waals surface area (Å²) in [6.07, 6.45) is 2.01. The van der Waals surface area contributed by atoms with Crippen molar-refractivity contribution in [2.75, 3.05) is 0 Å². The van der Waals surface area contributed by atoms with Crippen LogP contribution in [-0.2, 0) is 6.42 Å². The van der Waals surface area contributed by atoms with Gasteiger partial charge in [0.1, 0.15) is 6.10 Å². The third-order valence-corrected chi connectivity index (χ3v) is 3.62. The van der Waals surface area contributed by atoms with E-state index >= 15 is 0 Å². The van der Waals surface area contributed by atoms with Crippen LogP contribution in [0.25, 0.3) is 0 Å². The fourth-order valence-corrected chi connectivity index (χ4v) is 2.96. The summed E-state index contributed by atoms with van der Waals surface area (Å²) in [4.78, 5) is 0. The third kappa shape index (κ3) is 0.928. The van der Waals surface area contributed by atoms with Crippen LogP contribution in [0.3, 0.4) is 0 Å². The van der Waals surface area contributed by atoms with E-state index in [4.69, 9.17) is 0 Å². The van der Waals surface area contributed by atoms with Gasteiger partial charge in [0, 0.05) is 5.92 Å². The van der Waals surface area contributed by atoms with Crippen LogP contribution >= 0.6 is 0 Å². The van der Waals surface area contributed by atoms with Gasteiger partial charge >= 0.3 is 0 Å². The summed E-state index contributed by atoms with van der Waals surface area (Å²) in [6, 6.07) is 6.05. The van der Waals surface area contributed by atoms with Crippen molar-refractivity contribution in [3.8, 4) is 0 Å². The lowest BCUT2D eigenvalue weighted by Crippen LogP contribution is -2.20. The van der Waals surface area contributed by atoms with Gasteiger partial charge in [-0.25, -0.2) is 0 Å². The minimum absolute atomic E-state index is 0.185. The van der Waals surface area contributed by atoms with Crippen LogP contribution in [0, 0.1) is 0 Å². The largest absolute Gasteiger partial charge is 0.389 e. The number of aliphatic hydroxyl groups is 2. The fourth-order valence-electron chi connectivity index (χ4n) is 2.96. The summed E-state index contributed by atoms with van der Waals surface area (Å²) in [5.74, 6) is 0.185. The van der Waals surface area contributed by atoms with E-state index < -0.39 is 12.2 Å². The summed E-state index contributed by atoms with van der Waals surface area (Å²) in [5, 5.41) is 19.7. The molecule has 3 rings (SSSR count). The molecule has 1 aromatic rings. The van der Waals surface area contributed by atoms with Gasteiger partial charge in [-0.05, 0) is 36.0 Å². The van der Waals surface area contributed by atoms with E-state index in [0.29, 0.717) is 0 Å². The first-order chi connectivity index (χ1) is 6.79. The number of aliphatic hydroxyl groups excluding tert-OH is 2. The Morgan fingerprint density at radius 2 is 2.07 bits per heavy atom. The summed E-state index contributed by atoms with van der Waals surface area (Å²) in [5.41, 5.74) is 3.52.